The first-order valence-electron chi connectivity index (χ1n) is 7.75. The molecule has 120 valence electrons. The molecule has 3 aromatic rings. The van der Waals surface area contributed by atoms with Crippen LogP contribution in [-0.2, 0) is 4.79 Å². The van der Waals surface area contributed by atoms with Crippen molar-refractivity contribution in [3.8, 4) is 0 Å². The van der Waals surface area contributed by atoms with Gasteiger partial charge in [0.15, 0.2) is 5.82 Å². The molecule has 0 aliphatic carbocycles. The summed E-state index contributed by atoms with van der Waals surface area (Å²) in [5, 5.41) is 14.5. The lowest BCUT2D eigenvalue weighted by atomic mass is 10.3. The fourth-order valence-electron chi connectivity index (χ4n) is 2.56. The Morgan fingerprint density at radius 2 is 1.96 bits per heavy atom. The molecular formula is C16H20N6O. The molecule has 7 nitrogen and oxygen atoms in total. The molecule has 0 fully saturated rings. The summed E-state index contributed by atoms with van der Waals surface area (Å²) in [6, 6.07) is 7.95. The number of hydrogen-bond acceptors (Lipinski definition) is 5. The standard InChI is InChI=1S/C16H20N6O/c1-11-20-21-16-15(18-10-6-5-9-17-12(2)23)19-13-7-3-4-8-14(13)22(11)16/h3-4,7-8H,5-6,9-10H2,1-2H3,(H,17,23)(H,18,19). The van der Waals surface area contributed by atoms with Gasteiger partial charge in [0.2, 0.25) is 11.6 Å². The number of nitrogens with one attached hydrogen (secondary N) is 2. The number of anilines is 1. The molecular weight excluding hydrogens is 292 g/mol. The van der Waals surface area contributed by atoms with E-state index in [1.54, 1.807) is 0 Å². The summed E-state index contributed by atoms with van der Waals surface area (Å²) in [5.41, 5.74) is 2.65. The van der Waals surface area contributed by atoms with Crippen LogP contribution >= 0.6 is 0 Å². The fraction of sp³-hybridized carbons (Fsp3) is 0.375. The van der Waals surface area contributed by atoms with Gasteiger partial charge in [-0.05, 0) is 31.9 Å². The van der Waals surface area contributed by atoms with Crippen LogP contribution in [-0.4, -0.2) is 38.6 Å². The summed E-state index contributed by atoms with van der Waals surface area (Å²) in [6.45, 7) is 4.93. The van der Waals surface area contributed by atoms with Crippen molar-refractivity contribution in [2.24, 2.45) is 0 Å². The van der Waals surface area contributed by atoms with Crippen molar-refractivity contribution in [2.75, 3.05) is 18.4 Å². The van der Waals surface area contributed by atoms with E-state index < -0.39 is 0 Å². The van der Waals surface area contributed by atoms with Crippen LogP contribution in [0, 0.1) is 6.92 Å². The van der Waals surface area contributed by atoms with E-state index in [9.17, 15) is 4.79 Å². The van der Waals surface area contributed by atoms with E-state index in [4.69, 9.17) is 0 Å². The molecule has 0 atom stereocenters. The summed E-state index contributed by atoms with van der Waals surface area (Å²) in [6.07, 6.45) is 1.86. The molecule has 3 rings (SSSR count). The van der Waals surface area contributed by atoms with Gasteiger partial charge in [-0.2, -0.15) is 0 Å². The number of carbonyl (C=O) groups excluding carboxylic acids is 1. The molecule has 0 unspecified atom stereocenters. The van der Waals surface area contributed by atoms with Crippen molar-refractivity contribution < 1.29 is 4.79 Å². The maximum Gasteiger partial charge on any atom is 0.216 e. The second-order valence-corrected chi connectivity index (χ2v) is 5.47. The van der Waals surface area contributed by atoms with Crippen LogP contribution in [0.25, 0.3) is 16.7 Å². The number of aryl methyl sites for hydroxylation is 1. The molecule has 2 aromatic heterocycles. The highest BCUT2D eigenvalue weighted by Crippen LogP contribution is 2.21. The van der Waals surface area contributed by atoms with E-state index in [2.05, 4.69) is 25.8 Å². The minimum atomic E-state index is 0.00907. The first-order chi connectivity index (χ1) is 11.2. The van der Waals surface area contributed by atoms with E-state index in [0.29, 0.717) is 6.54 Å². The second-order valence-electron chi connectivity index (χ2n) is 5.47. The highest BCUT2D eigenvalue weighted by atomic mass is 16.1. The second kappa shape index (κ2) is 6.60. The summed E-state index contributed by atoms with van der Waals surface area (Å²) in [5.74, 6) is 1.59. The van der Waals surface area contributed by atoms with E-state index in [-0.39, 0.29) is 5.91 Å². The number of carbonyl (C=O) groups is 1. The zero-order chi connectivity index (χ0) is 16.2. The minimum Gasteiger partial charge on any atom is -0.367 e. The van der Waals surface area contributed by atoms with Gasteiger partial charge >= 0.3 is 0 Å². The van der Waals surface area contributed by atoms with Gasteiger partial charge in [-0.25, -0.2) is 4.98 Å². The Morgan fingerprint density at radius 1 is 1.17 bits per heavy atom. The molecule has 23 heavy (non-hydrogen) atoms. The predicted molar refractivity (Wildman–Crippen MR) is 89.4 cm³/mol. The summed E-state index contributed by atoms with van der Waals surface area (Å²) in [7, 11) is 0. The Balaban J connectivity index is 1.76. The molecule has 1 amide bonds. The molecule has 0 saturated heterocycles. The Bertz CT molecular complexity index is 841. The highest BCUT2D eigenvalue weighted by Gasteiger charge is 2.12. The first-order valence-corrected chi connectivity index (χ1v) is 7.75. The third kappa shape index (κ3) is 3.23. The molecule has 1 aromatic carbocycles. The molecule has 0 aliphatic rings. The number of fused-ring (bicyclic) bond motifs is 3. The molecule has 0 saturated carbocycles. The fourth-order valence-corrected chi connectivity index (χ4v) is 2.56. The van der Waals surface area contributed by atoms with Crippen LogP contribution in [0.5, 0.6) is 0 Å². The number of amides is 1. The van der Waals surface area contributed by atoms with Gasteiger partial charge in [0.25, 0.3) is 0 Å². The zero-order valence-electron chi connectivity index (χ0n) is 13.3. The number of hydrogen-bond donors (Lipinski definition) is 2. The summed E-state index contributed by atoms with van der Waals surface area (Å²) >= 11 is 0. The van der Waals surface area contributed by atoms with Gasteiger partial charge < -0.3 is 10.6 Å². The number of aromatic nitrogens is 4. The van der Waals surface area contributed by atoms with Crippen molar-refractivity contribution in [3.05, 3.63) is 30.1 Å². The van der Waals surface area contributed by atoms with Crippen molar-refractivity contribution in [1.29, 1.82) is 0 Å². The Labute approximate surface area is 134 Å². The van der Waals surface area contributed by atoms with Crippen LogP contribution in [0.1, 0.15) is 25.6 Å². The number of para-hydroxylation sites is 2. The maximum absolute atomic E-state index is 10.8. The third-order valence-electron chi connectivity index (χ3n) is 3.66. The zero-order valence-corrected chi connectivity index (χ0v) is 13.3. The summed E-state index contributed by atoms with van der Waals surface area (Å²) in [4.78, 5) is 15.5. The Kier molecular flexibility index (Phi) is 4.36. The minimum absolute atomic E-state index is 0.00907. The van der Waals surface area contributed by atoms with Crippen molar-refractivity contribution in [2.45, 2.75) is 26.7 Å². The van der Waals surface area contributed by atoms with Gasteiger partial charge in [-0.1, -0.05) is 12.1 Å². The van der Waals surface area contributed by atoms with Crippen molar-refractivity contribution >= 4 is 28.4 Å². The van der Waals surface area contributed by atoms with E-state index in [1.165, 1.54) is 6.92 Å². The average molecular weight is 312 g/mol. The molecule has 0 spiro atoms. The third-order valence-corrected chi connectivity index (χ3v) is 3.66. The highest BCUT2D eigenvalue weighted by molar-refractivity contribution is 5.82. The van der Waals surface area contributed by atoms with Crippen LogP contribution in [0.15, 0.2) is 24.3 Å². The van der Waals surface area contributed by atoms with Gasteiger partial charge in [0, 0.05) is 20.0 Å². The largest absolute Gasteiger partial charge is 0.367 e. The molecule has 0 aliphatic heterocycles. The lowest BCUT2D eigenvalue weighted by Crippen LogP contribution is -2.21. The predicted octanol–water partition coefficient (Wildman–Crippen LogP) is 1.91. The number of unbranched alkanes of at least 4 members (excludes halogenated alkanes) is 1. The molecule has 7 heteroatoms. The van der Waals surface area contributed by atoms with Crippen LogP contribution in [0.2, 0.25) is 0 Å². The lowest BCUT2D eigenvalue weighted by Gasteiger charge is -2.09. The van der Waals surface area contributed by atoms with E-state index in [0.717, 1.165) is 47.7 Å². The van der Waals surface area contributed by atoms with Crippen molar-refractivity contribution in [1.82, 2.24) is 24.9 Å². The Hall–Kier alpha value is -2.70. The number of rotatable bonds is 6. The molecule has 0 bridgehead atoms. The van der Waals surface area contributed by atoms with Gasteiger partial charge in [-0.15, -0.1) is 10.2 Å². The topological polar surface area (TPSA) is 84.2 Å². The van der Waals surface area contributed by atoms with Gasteiger partial charge in [0.1, 0.15) is 5.82 Å². The summed E-state index contributed by atoms with van der Waals surface area (Å²) < 4.78 is 2.02. The monoisotopic (exact) mass is 312 g/mol. The number of benzene rings is 1. The van der Waals surface area contributed by atoms with Gasteiger partial charge in [0.05, 0.1) is 11.0 Å². The van der Waals surface area contributed by atoms with Gasteiger partial charge in [-0.3, -0.25) is 9.20 Å². The normalized spacial score (nSPS) is 11.0. The maximum atomic E-state index is 10.8. The van der Waals surface area contributed by atoms with E-state index in [1.807, 2.05) is 35.6 Å². The smallest absolute Gasteiger partial charge is 0.216 e. The van der Waals surface area contributed by atoms with Crippen molar-refractivity contribution in [3.63, 3.8) is 0 Å². The number of nitrogens with zero attached hydrogens (tertiary/aromatic N) is 4. The van der Waals surface area contributed by atoms with Crippen LogP contribution in [0.4, 0.5) is 5.82 Å². The van der Waals surface area contributed by atoms with Crippen LogP contribution in [0.3, 0.4) is 0 Å². The average Bonchev–Trinajstić information content (AvgIpc) is 2.93. The molecule has 0 radical (unpaired) electrons. The Morgan fingerprint density at radius 3 is 2.78 bits per heavy atom. The van der Waals surface area contributed by atoms with E-state index >= 15 is 0 Å². The lowest BCUT2D eigenvalue weighted by molar-refractivity contribution is -0.118. The first kappa shape index (κ1) is 15.2. The SMILES string of the molecule is CC(=O)NCCCCNc1nc2ccccc2n2c(C)nnc12. The molecule has 2 N–H and O–H groups in total. The molecule has 2 heterocycles. The quantitative estimate of drug-likeness (QED) is 0.679. The van der Waals surface area contributed by atoms with Crippen LogP contribution < -0.4 is 10.6 Å².